The Morgan fingerprint density at radius 3 is 1.88 bits per heavy atom. The molecule has 0 aliphatic heterocycles. The van der Waals surface area contributed by atoms with E-state index in [2.05, 4.69) is 51.0 Å². The predicted molar refractivity (Wildman–Crippen MR) is 111 cm³/mol. The van der Waals surface area contributed by atoms with E-state index in [9.17, 15) is 0 Å². The summed E-state index contributed by atoms with van der Waals surface area (Å²) in [6.07, 6.45) is 16.8. The van der Waals surface area contributed by atoms with Crippen LogP contribution < -0.4 is 0 Å². The number of hydrogen-bond acceptors (Lipinski definition) is 1. The van der Waals surface area contributed by atoms with Crippen molar-refractivity contribution in [2.75, 3.05) is 0 Å². The second-order valence-electron chi connectivity index (χ2n) is 7.72. The molecule has 1 rings (SSSR count). The maximum absolute atomic E-state index is 4.39. The zero-order valence-electron chi connectivity index (χ0n) is 16.8. The zero-order chi connectivity index (χ0) is 17.7. The van der Waals surface area contributed by atoms with Gasteiger partial charge in [-0.15, -0.1) is 0 Å². The first-order valence-electron chi connectivity index (χ1n) is 10.6. The average Bonchev–Trinajstić information content (AvgIpc) is 2.62. The first kappa shape index (κ1) is 22.0. The SMILES string of the molecule is CCC[CH2][Sn]([CH2]CCC)([CH2]CCC)[CH](CCC)Cc1cccnc1. The molecule has 1 aromatic rings. The molecule has 0 radical (unpaired) electrons. The summed E-state index contributed by atoms with van der Waals surface area (Å²) in [7, 11) is 0. The molecule has 2 heteroatoms. The summed E-state index contributed by atoms with van der Waals surface area (Å²) in [6.45, 7) is 9.54. The summed E-state index contributed by atoms with van der Waals surface area (Å²) < 4.78 is 5.93. The van der Waals surface area contributed by atoms with Crippen LogP contribution in [0.3, 0.4) is 0 Å². The Bertz CT molecular complexity index is 382. The molecule has 0 bridgehead atoms. The van der Waals surface area contributed by atoms with E-state index in [-0.39, 0.29) is 0 Å². The van der Waals surface area contributed by atoms with Gasteiger partial charge >= 0.3 is 156 Å². The molecule has 0 aromatic carbocycles. The average molecular weight is 438 g/mol. The van der Waals surface area contributed by atoms with E-state index in [1.807, 2.05) is 6.20 Å². The number of hydrogen-bond donors (Lipinski definition) is 0. The van der Waals surface area contributed by atoms with Crippen LogP contribution in [0.5, 0.6) is 0 Å². The quantitative estimate of drug-likeness (QED) is 0.272. The van der Waals surface area contributed by atoms with Crippen LogP contribution >= 0.6 is 0 Å². The first-order valence-corrected chi connectivity index (χ1v) is 18.3. The van der Waals surface area contributed by atoms with Gasteiger partial charge in [-0.05, 0) is 0 Å². The molecule has 0 fully saturated rings. The number of aromatic nitrogens is 1. The van der Waals surface area contributed by atoms with Crippen LogP contribution in [0.25, 0.3) is 0 Å². The molecule has 0 N–H and O–H groups in total. The van der Waals surface area contributed by atoms with E-state index in [1.54, 1.807) is 13.3 Å². The number of unbranched alkanes of at least 4 members (excludes halogenated alkanes) is 3. The number of pyridine rings is 1. The molecule has 0 saturated heterocycles. The van der Waals surface area contributed by atoms with Gasteiger partial charge in [-0.1, -0.05) is 0 Å². The number of rotatable bonds is 14. The van der Waals surface area contributed by atoms with E-state index in [0.717, 1.165) is 3.93 Å². The molecule has 1 unspecified atom stereocenters. The van der Waals surface area contributed by atoms with Crippen LogP contribution in [0, 0.1) is 0 Å². The minimum atomic E-state index is -2.13. The summed E-state index contributed by atoms with van der Waals surface area (Å²) in [6, 6.07) is 4.44. The molecule has 138 valence electrons. The molecular formula is C22H41NSn. The number of nitrogens with zero attached hydrogens (tertiary/aromatic N) is 1. The van der Waals surface area contributed by atoms with Gasteiger partial charge in [-0.25, -0.2) is 0 Å². The van der Waals surface area contributed by atoms with Gasteiger partial charge in [0.2, 0.25) is 0 Å². The molecule has 1 heterocycles. The normalized spacial score (nSPS) is 13.2. The van der Waals surface area contributed by atoms with Gasteiger partial charge in [-0.2, -0.15) is 0 Å². The summed E-state index contributed by atoms with van der Waals surface area (Å²) in [5, 5.41) is 0. The van der Waals surface area contributed by atoms with Crippen molar-refractivity contribution >= 4 is 18.4 Å². The zero-order valence-corrected chi connectivity index (χ0v) is 19.7. The van der Waals surface area contributed by atoms with Gasteiger partial charge in [0.05, 0.1) is 0 Å². The van der Waals surface area contributed by atoms with Crippen LogP contribution in [-0.4, -0.2) is 23.4 Å². The van der Waals surface area contributed by atoms with Gasteiger partial charge in [0.15, 0.2) is 0 Å². The summed E-state index contributed by atoms with van der Waals surface area (Å²) >= 11 is -2.13. The summed E-state index contributed by atoms with van der Waals surface area (Å²) in [5.41, 5.74) is 1.49. The van der Waals surface area contributed by atoms with Crippen molar-refractivity contribution in [1.82, 2.24) is 4.98 Å². The molecule has 1 atom stereocenters. The van der Waals surface area contributed by atoms with Crippen LogP contribution in [-0.2, 0) is 6.42 Å². The van der Waals surface area contributed by atoms with Gasteiger partial charge in [0.1, 0.15) is 0 Å². The predicted octanol–water partition coefficient (Wildman–Crippen LogP) is 7.64. The summed E-state index contributed by atoms with van der Waals surface area (Å²) in [4.78, 5) is 4.39. The van der Waals surface area contributed by atoms with Gasteiger partial charge in [0.25, 0.3) is 0 Å². The Morgan fingerprint density at radius 1 is 0.875 bits per heavy atom. The van der Waals surface area contributed by atoms with Crippen LogP contribution in [0.2, 0.25) is 17.2 Å². The molecule has 0 aliphatic rings. The third kappa shape index (κ3) is 7.45. The topological polar surface area (TPSA) is 12.9 Å². The Kier molecular flexibility index (Phi) is 12.1. The van der Waals surface area contributed by atoms with Gasteiger partial charge < -0.3 is 0 Å². The first-order chi connectivity index (χ1) is 11.7. The maximum atomic E-state index is 4.39. The van der Waals surface area contributed by atoms with Crippen molar-refractivity contribution < 1.29 is 0 Å². The molecule has 0 spiro atoms. The minimum absolute atomic E-state index is 1.03. The van der Waals surface area contributed by atoms with E-state index < -0.39 is 18.4 Å². The van der Waals surface area contributed by atoms with Crippen molar-refractivity contribution in [3.8, 4) is 0 Å². The van der Waals surface area contributed by atoms with E-state index in [1.165, 1.54) is 63.4 Å². The molecule has 1 aromatic heterocycles. The third-order valence-electron chi connectivity index (χ3n) is 5.79. The third-order valence-corrected chi connectivity index (χ3v) is 23.7. The van der Waals surface area contributed by atoms with Crippen molar-refractivity contribution in [1.29, 1.82) is 0 Å². The second kappa shape index (κ2) is 13.2. The molecule has 0 saturated carbocycles. The van der Waals surface area contributed by atoms with E-state index >= 15 is 0 Å². The molecular weight excluding hydrogens is 397 g/mol. The molecule has 24 heavy (non-hydrogen) atoms. The van der Waals surface area contributed by atoms with Crippen LogP contribution in [0.1, 0.15) is 84.6 Å². The molecule has 0 aliphatic carbocycles. The fraction of sp³-hybridized carbons (Fsp3) is 0.773. The van der Waals surface area contributed by atoms with Gasteiger partial charge in [0, 0.05) is 0 Å². The Hall–Kier alpha value is -0.0513. The van der Waals surface area contributed by atoms with Crippen molar-refractivity contribution in [3.05, 3.63) is 30.1 Å². The fourth-order valence-electron chi connectivity index (χ4n) is 4.35. The van der Waals surface area contributed by atoms with Crippen molar-refractivity contribution in [2.24, 2.45) is 0 Å². The molecule has 1 nitrogen and oxygen atoms in total. The fourth-order valence-corrected chi connectivity index (χ4v) is 23.5. The standard InChI is InChI=1S/C10H14N.3C4H9.Sn/c1-2-3-4-6-10-7-5-8-11-9-10;3*1-3-4-2;/h4-5,7-9H,2-3,6H2,1H3;3*1,3-4H2,2H3;. The Labute approximate surface area is 155 Å². The van der Waals surface area contributed by atoms with Crippen molar-refractivity contribution in [3.63, 3.8) is 0 Å². The molecule has 0 amide bonds. The summed E-state index contributed by atoms with van der Waals surface area (Å²) in [5.74, 6) is 0. The Balaban J connectivity index is 3.04. The van der Waals surface area contributed by atoms with Crippen molar-refractivity contribution in [2.45, 2.75) is 103 Å². The van der Waals surface area contributed by atoms with E-state index in [0.29, 0.717) is 0 Å². The van der Waals surface area contributed by atoms with E-state index in [4.69, 9.17) is 0 Å². The van der Waals surface area contributed by atoms with Crippen LogP contribution in [0.15, 0.2) is 24.5 Å². The Morgan fingerprint density at radius 2 is 1.46 bits per heavy atom. The second-order valence-corrected chi connectivity index (χ2v) is 22.1. The monoisotopic (exact) mass is 439 g/mol. The van der Waals surface area contributed by atoms with Gasteiger partial charge in [-0.3, -0.25) is 0 Å². The van der Waals surface area contributed by atoms with Crippen LogP contribution in [0.4, 0.5) is 0 Å².